The number of rotatable bonds is 3. The second-order valence-electron chi connectivity index (χ2n) is 7.34. The number of hydrogen-bond acceptors (Lipinski definition) is 3. The van der Waals surface area contributed by atoms with Gasteiger partial charge in [0.05, 0.1) is 6.61 Å². The molecule has 132 valence electrons. The van der Waals surface area contributed by atoms with Crippen molar-refractivity contribution in [1.82, 2.24) is 4.90 Å². The van der Waals surface area contributed by atoms with E-state index < -0.39 is 5.67 Å². The van der Waals surface area contributed by atoms with E-state index in [0.717, 1.165) is 31.2 Å². The van der Waals surface area contributed by atoms with Crippen LogP contribution in [0.5, 0.6) is 0 Å². The molecule has 0 atom stereocenters. The third-order valence-corrected chi connectivity index (χ3v) is 5.78. The molecule has 24 heavy (non-hydrogen) atoms. The minimum absolute atomic E-state index is 0.140. The van der Waals surface area contributed by atoms with E-state index in [1.165, 1.54) is 0 Å². The summed E-state index contributed by atoms with van der Waals surface area (Å²) in [6.07, 6.45) is 4.00. The molecule has 1 amide bonds. The molecule has 1 aliphatic heterocycles. The minimum Gasteiger partial charge on any atom is -0.445 e. The second-order valence-corrected chi connectivity index (χ2v) is 7.34. The zero-order valence-electron chi connectivity index (χ0n) is 14.0. The fraction of sp³-hybridized carbons (Fsp3) is 0.632. The molecule has 1 saturated carbocycles. The summed E-state index contributed by atoms with van der Waals surface area (Å²) in [5.74, 6) is 0. The molecule has 1 aromatic rings. The molecule has 5 heteroatoms. The lowest BCUT2D eigenvalue weighted by Crippen LogP contribution is -2.47. The summed E-state index contributed by atoms with van der Waals surface area (Å²) in [5.41, 5.74) is -0.271. The van der Waals surface area contributed by atoms with Gasteiger partial charge in [0.1, 0.15) is 12.3 Å². The molecule has 1 spiro atoms. The first kappa shape index (κ1) is 17.2. The number of aliphatic hydroxyl groups excluding tert-OH is 1. The lowest BCUT2D eigenvalue weighted by molar-refractivity contribution is -0.0277. The molecule has 3 rings (SSSR count). The average molecular weight is 335 g/mol. The van der Waals surface area contributed by atoms with Crippen LogP contribution in [0.3, 0.4) is 0 Å². The Labute approximate surface area is 142 Å². The molecule has 0 bridgehead atoms. The first-order valence-corrected chi connectivity index (χ1v) is 8.80. The Balaban J connectivity index is 1.46. The molecule has 4 nitrogen and oxygen atoms in total. The first-order valence-electron chi connectivity index (χ1n) is 8.80. The van der Waals surface area contributed by atoms with Gasteiger partial charge in [-0.3, -0.25) is 0 Å². The van der Waals surface area contributed by atoms with Crippen LogP contribution < -0.4 is 0 Å². The number of aliphatic hydroxyl groups is 1. The van der Waals surface area contributed by atoms with Gasteiger partial charge < -0.3 is 14.7 Å². The Hall–Kier alpha value is -1.62. The molecule has 1 heterocycles. The quantitative estimate of drug-likeness (QED) is 0.917. The normalized spacial score (nSPS) is 22.3. The third-order valence-electron chi connectivity index (χ3n) is 5.78. The molecule has 0 aromatic heterocycles. The van der Waals surface area contributed by atoms with Crippen molar-refractivity contribution in [2.45, 2.75) is 50.8 Å². The van der Waals surface area contributed by atoms with Crippen molar-refractivity contribution in [3.05, 3.63) is 35.9 Å². The molecule has 1 aliphatic carbocycles. The van der Waals surface area contributed by atoms with Gasteiger partial charge in [-0.15, -0.1) is 0 Å². The fourth-order valence-corrected chi connectivity index (χ4v) is 3.86. The van der Waals surface area contributed by atoms with Gasteiger partial charge in [0, 0.05) is 13.1 Å². The number of likely N-dealkylation sites (tertiary alicyclic amines) is 1. The molecule has 1 N–H and O–H groups in total. The van der Waals surface area contributed by atoms with Crippen LogP contribution in [0, 0.1) is 5.41 Å². The van der Waals surface area contributed by atoms with E-state index in [4.69, 9.17) is 9.84 Å². The Kier molecular flexibility index (Phi) is 5.09. The van der Waals surface area contributed by atoms with Crippen LogP contribution in [0.1, 0.15) is 44.1 Å². The summed E-state index contributed by atoms with van der Waals surface area (Å²) in [5, 5.41) is 9.16. The van der Waals surface area contributed by atoms with E-state index >= 15 is 0 Å². The second kappa shape index (κ2) is 7.09. The summed E-state index contributed by atoms with van der Waals surface area (Å²) in [6, 6.07) is 9.65. The van der Waals surface area contributed by atoms with Crippen LogP contribution in [0.2, 0.25) is 0 Å². The number of piperidine rings is 1. The summed E-state index contributed by atoms with van der Waals surface area (Å²) < 4.78 is 19.6. The standard InChI is InChI=1S/C19H26FNO3/c20-19(15-22)8-6-18(7-9-19)10-12-21(13-11-18)17(23)24-14-16-4-2-1-3-5-16/h1-5,22H,6-15H2. The fourth-order valence-electron chi connectivity index (χ4n) is 3.86. The molecule has 0 radical (unpaired) electrons. The molecular formula is C19H26FNO3. The van der Waals surface area contributed by atoms with Gasteiger partial charge >= 0.3 is 6.09 Å². The number of benzene rings is 1. The number of ether oxygens (including phenoxy) is 1. The van der Waals surface area contributed by atoms with E-state index in [1.807, 2.05) is 30.3 Å². The van der Waals surface area contributed by atoms with E-state index in [0.29, 0.717) is 32.5 Å². The van der Waals surface area contributed by atoms with Crippen LogP contribution in [-0.2, 0) is 11.3 Å². The molecule has 2 fully saturated rings. The number of carbonyl (C=O) groups excluding carboxylic acids is 1. The minimum atomic E-state index is -1.39. The van der Waals surface area contributed by atoms with Gasteiger partial charge in [-0.05, 0) is 49.5 Å². The number of carbonyl (C=O) groups is 1. The lowest BCUT2D eigenvalue weighted by Gasteiger charge is -2.46. The van der Waals surface area contributed by atoms with E-state index in [9.17, 15) is 9.18 Å². The van der Waals surface area contributed by atoms with Crippen LogP contribution >= 0.6 is 0 Å². The van der Waals surface area contributed by atoms with Crippen LogP contribution in [-0.4, -0.2) is 41.5 Å². The number of amides is 1. The van der Waals surface area contributed by atoms with Gasteiger partial charge in [0.15, 0.2) is 0 Å². The Morgan fingerprint density at radius 1 is 1.08 bits per heavy atom. The van der Waals surface area contributed by atoms with Crippen molar-refractivity contribution >= 4 is 6.09 Å². The van der Waals surface area contributed by atoms with Crippen molar-refractivity contribution in [2.75, 3.05) is 19.7 Å². The maximum absolute atomic E-state index is 14.2. The van der Waals surface area contributed by atoms with E-state index in [2.05, 4.69) is 0 Å². The molecular weight excluding hydrogens is 309 g/mol. The van der Waals surface area contributed by atoms with Gasteiger partial charge in [0.25, 0.3) is 0 Å². The Bertz CT molecular complexity index is 545. The van der Waals surface area contributed by atoms with Crippen molar-refractivity contribution in [3.8, 4) is 0 Å². The summed E-state index contributed by atoms with van der Waals surface area (Å²) in [4.78, 5) is 14.0. The largest absolute Gasteiger partial charge is 0.445 e. The highest BCUT2D eigenvalue weighted by Crippen LogP contribution is 2.48. The predicted octanol–water partition coefficient (Wildman–Crippen LogP) is 3.68. The summed E-state index contributed by atoms with van der Waals surface area (Å²) in [6.45, 7) is 1.27. The topological polar surface area (TPSA) is 49.8 Å². The highest BCUT2D eigenvalue weighted by atomic mass is 19.1. The van der Waals surface area contributed by atoms with Crippen molar-refractivity contribution < 1.29 is 19.0 Å². The Morgan fingerprint density at radius 3 is 2.29 bits per heavy atom. The molecule has 1 aromatic carbocycles. The number of halogens is 1. The van der Waals surface area contributed by atoms with Crippen molar-refractivity contribution in [3.63, 3.8) is 0 Å². The smallest absolute Gasteiger partial charge is 0.410 e. The van der Waals surface area contributed by atoms with Gasteiger partial charge in [-0.25, -0.2) is 9.18 Å². The number of alkyl halides is 1. The first-order chi connectivity index (χ1) is 11.5. The van der Waals surface area contributed by atoms with E-state index in [1.54, 1.807) is 4.90 Å². The SMILES string of the molecule is O=C(OCc1ccccc1)N1CCC2(CC1)CCC(F)(CO)CC2. The van der Waals surface area contributed by atoms with Crippen LogP contribution in [0.4, 0.5) is 9.18 Å². The summed E-state index contributed by atoms with van der Waals surface area (Å²) >= 11 is 0. The van der Waals surface area contributed by atoms with Gasteiger partial charge in [-0.2, -0.15) is 0 Å². The monoisotopic (exact) mass is 335 g/mol. The summed E-state index contributed by atoms with van der Waals surface area (Å²) in [7, 11) is 0. The lowest BCUT2D eigenvalue weighted by atomic mass is 9.65. The van der Waals surface area contributed by atoms with Crippen LogP contribution in [0.15, 0.2) is 30.3 Å². The van der Waals surface area contributed by atoms with Crippen LogP contribution in [0.25, 0.3) is 0 Å². The van der Waals surface area contributed by atoms with Crippen molar-refractivity contribution in [2.24, 2.45) is 5.41 Å². The highest BCUT2D eigenvalue weighted by Gasteiger charge is 2.44. The third kappa shape index (κ3) is 3.89. The Morgan fingerprint density at radius 2 is 1.71 bits per heavy atom. The predicted molar refractivity (Wildman–Crippen MR) is 89.3 cm³/mol. The zero-order chi connectivity index (χ0) is 17.0. The zero-order valence-corrected chi connectivity index (χ0v) is 14.0. The highest BCUT2D eigenvalue weighted by molar-refractivity contribution is 5.67. The van der Waals surface area contributed by atoms with E-state index in [-0.39, 0.29) is 18.1 Å². The molecule has 2 aliphatic rings. The van der Waals surface area contributed by atoms with Crippen molar-refractivity contribution in [1.29, 1.82) is 0 Å². The average Bonchev–Trinajstić information content (AvgIpc) is 2.64. The number of nitrogens with zero attached hydrogens (tertiary/aromatic N) is 1. The van der Waals surface area contributed by atoms with Gasteiger partial charge in [0.2, 0.25) is 0 Å². The number of hydrogen-bond donors (Lipinski definition) is 1. The maximum atomic E-state index is 14.2. The molecule has 1 saturated heterocycles. The maximum Gasteiger partial charge on any atom is 0.410 e. The molecule has 0 unspecified atom stereocenters. The van der Waals surface area contributed by atoms with Gasteiger partial charge in [-0.1, -0.05) is 30.3 Å².